The van der Waals surface area contributed by atoms with Crippen LogP contribution in [0.1, 0.15) is 31.9 Å². The molecular weight excluding hydrogens is 382 g/mol. The fourth-order valence-electron chi connectivity index (χ4n) is 3.34. The molecule has 0 fully saturated rings. The lowest BCUT2D eigenvalue weighted by Gasteiger charge is -2.32. The molecule has 0 radical (unpaired) electrons. The van der Waals surface area contributed by atoms with Crippen LogP contribution in [0.5, 0.6) is 0 Å². The first-order valence-electron chi connectivity index (χ1n) is 10.3. The third-order valence-electron chi connectivity index (χ3n) is 4.98. The molecule has 0 spiro atoms. The Morgan fingerprint density at radius 1 is 0.900 bits per heavy atom. The maximum Gasteiger partial charge on any atom is 0.313 e. The zero-order chi connectivity index (χ0) is 21.9. The van der Waals surface area contributed by atoms with Gasteiger partial charge in [-0.15, -0.1) is 0 Å². The number of hydrogen-bond donors (Lipinski definition) is 2. The van der Waals surface area contributed by atoms with Gasteiger partial charge in [0.1, 0.15) is 6.61 Å². The Hall–Kier alpha value is -2.70. The van der Waals surface area contributed by atoms with Crippen LogP contribution in [0.3, 0.4) is 0 Å². The lowest BCUT2D eigenvalue weighted by Crippen LogP contribution is -2.51. The first-order valence-corrected chi connectivity index (χ1v) is 10.3. The number of esters is 2. The second kappa shape index (κ2) is 12.1. The predicted octanol–water partition coefficient (Wildman–Crippen LogP) is 3.08. The van der Waals surface area contributed by atoms with Crippen LogP contribution >= 0.6 is 0 Å². The van der Waals surface area contributed by atoms with Crippen LogP contribution in [0, 0.1) is 11.8 Å². The van der Waals surface area contributed by atoms with Crippen molar-refractivity contribution in [1.29, 1.82) is 0 Å². The summed E-state index contributed by atoms with van der Waals surface area (Å²) in [4.78, 5) is 25.4. The Labute approximate surface area is 178 Å². The molecule has 162 valence electrons. The smallest absolute Gasteiger partial charge is 0.313 e. The molecule has 2 rings (SSSR count). The molecule has 0 aliphatic carbocycles. The molecule has 0 bridgehead atoms. The Kier molecular flexibility index (Phi) is 9.51. The van der Waals surface area contributed by atoms with Crippen molar-refractivity contribution in [2.24, 2.45) is 11.8 Å². The van der Waals surface area contributed by atoms with E-state index in [2.05, 4.69) is 5.32 Å². The summed E-state index contributed by atoms with van der Waals surface area (Å²) in [6.45, 7) is 5.71. The van der Waals surface area contributed by atoms with E-state index in [1.54, 1.807) is 13.8 Å². The summed E-state index contributed by atoms with van der Waals surface area (Å²) in [6.07, 6.45) is -0.998. The maximum absolute atomic E-state index is 12.8. The summed E-state index contributed by atoms with van der Waals surface area (Å²) in [7, 11) is 0. The molecular formula is C24H31NO5. The van der Waals surface area contributed by atoms with Gasteiger partial charge in [-0.3, -0.25) is 9.59 Å². The van der Waals surface area contributed by atoms with Crippen molar-refractivity contribution < 1.29 is 24.2 Å². The van der Waals surface area contributed by atoms with Crippen LogP contribution in [-0.2, 0) is 32.2 Å². The van der Waals surface area contributed by atoms with Crippen LogP contribution in [0.25, 0.3) is 0 Å². The number of nitrogens with one attached hydrogen (secondary N) is 1. The van der Waals surface area contributed by atoms with E-state index in [1.165, 1.54) is 6.92 Å². The number of ether oxygens (including phenoxy) is 2. The minimum atomic E-state index is -0.998. The number of benzene rings is 2. The molecule has 0 aliphatic rings. The van der Waals surface area contributed by atoms with Gasteiger partial charge in [-0.2, -0.15) is 0 Å². The molecule has 6 heteroatoms. The van der Waals surface area contributed by atoms with Gasteiger partial charge in [0.15, 0.2) is 0 Å². The number of carbonyl (C=O) groups is 2. The fraction of sp³-hybridized carbons (Fsp3) is 0.417. The number of carbonyl (C=O) groups excluding carboxylic acids is 2. The van der Waals surface area contributed by atoms with Crippen molar-refractivity contribution >= 4 is 11.9 Å². The quantitative estimate of drug-likeness (QED) is 0.551. The molecule has 6 nitrogen and oxygen atoms in total. The third-order valence-corrected chi connectivity index (χ3v) is 4.98. The molecule has 2 aromatic rings. The van der Waals surface area contributed by atoms with E-state index >= 15 is 0 Å². The number of aliphatic hydroxyl groups is 1. The number of aliphatic hydroxyl groups excluding tert-OH is 1. The Morgan fingerprint density at radius 2 is 1.47 bits per heavy atom. The minimum Gasteiger partial charge on any atom is -0.466 e. The van der Waals surface area contributed by atoms with Gasteiger partial charge in [0.25, 0.3) is 0 Å². The monoisotopic (exact) mass is 413 g/mol. The van der Waals surface area contributed by atoms with E-state index in [0.29, 0.717) is 6.54 Å². The van der Waals surface area contributed by atoms with Gasteiger partial charge in [-0.1, -0.05) is 67.6 Å². The van der Waals surface area contributed by atoms with Gasteiger partial charge in [0.2, 0.25) is 0 Å². The van der Waals surface area contributed by atoms with Gasteiger partial charge in [0.05, 0.1) is 24.5 Å². The highest BCUT2D eigenvalue weighted by molar-refractivity contribution is 5.78. The van der Waals surface area contributed by atoms with Crippen LogP contribution in [0.15, 0.2) is 60.7 Å². The molecule has 0 heterocycles. The lowest BCUT2D eigenvalue weighted by atomic mass is 9.85. The van der Waals surface area contributed by atoms with Gasteiger partial charge in [-0.25, -0.2) is 0 Å². The number of rotatable bonds is 11. The average Bonchev–Trinajstić information content (AvgIpc) is 2.75. The van der Waals surface area contributed by atoms with E-state index in [1.807, 2.05) is 60.7 Å². The summed E-state index contributed by atoms with van der Waals surface area (Å²) in [5.41, 5.74) is 1.88. The second-order valence-corrected chi connectivity index (χ2v) is 7.29. The van der Waals surface area contributed by atoms with Crippen molar-refractivity contribution in [3.63, 3.8) is 0 Å². The molecule has 0 aliphatic heterocycles. The van der Waals surface area contributed by atoms with Crippen LogP contribution in [-0.4, -0.2) is 35.8 Å². The average molecular weight is 414 g/mol. The molecule has 2 N–H and O–H groups in total. The highest BCUT2D eigenvalue weighted by Crippen LogP contribution is 2.22. The summed E-state index contributed by atoms with van der Waals surface area (Å²) < 4.78 is 10.6. The summed E-state index contributed by atoms with van der Waals surface area (Å²) >= 11 is 0. The largest absolute Gasteiger partial charge is 0.466 e. The maximum atomic E-state index is 12.8. The molecule has 0 saturated heterocycles. The van der Waals surface area contributed by atoms with E-state index < -0.39 is 35.9 Å². The Morgan fingerprint density at radius 3 is 2.00 bits per heavy atom. The lowest BCUT2D eigenvalue weighted by molar-refractivity contribution is -0.158. The van der Waals surface area contributed by atoms with Crippen molar-refractivity contribution in [1.82, 2.24) is 5.32 Å². The topological polar surface area (TPSA) is 84.9 Å². The fourth-order valence-corrected chi connectivity index (χ4v) is 3.34. The van der Waals surface area contributed by atoms with E-state index in [4.69, 9.17) is 9.47 Å². The molecule has 4 unspecified atom stereocenters. The highest BCUT2D eigenvalue weighted by Gasteiger charge is 2.39. The van der Waals surface area contributed by atoms with Crippen molar-refractivity contribution in [3.05, 3.63) is 71.8 Å². The zero-order valence-electron chi connectivity index (χ0n) is 17.8. The van der Waals surface area contributed by atoms with E-state index in [0.717, 1.165) is 11.1 Å². The van der Waals surface area contributed by atoms with Gasteiger partial charge >= 0.3 is 11.9 Å². The Bertz CT molecular complexity index is 779. The van der Waals surface area contributed by atoms with Crippen LogP contribution < -0.4 is 5.32 Å². The van der Waals surface area contributed by atoms with Gasteiger partial charge < -0.3 is 19.9 Å². The normalized spacial score (nSPS) is 14.9. The highest BCUT2D eigenvalue weighted by atomic mass is 16.5. The minimum absolute atomic E-state index is 0.147. The second-order valence-electron chi connectivity index (χ2n) is 7.29. The molecule has 0 saturated carbocycles. The first-order chi connectivity index (χ1) is 14.4. The molecule has 2 aromatic carbocycles. The predicted molar refractivity (Wildman–Crippen MR) is 114 cm³/mol. The van der Waals surface area contributed by atoms with Crippen LogP contribution in [0.4, 0.5) is 0 Å². The van der Waals surface area contributed by atoms with Crippen LogP contribution in [0.2, 0.25) is 0 Å². The van der Waals surface area contributed by atoms with Crippen molar-refractivity contribution in [3.8, 4) is 0 Å². The molecule has 30 heavy (non-hydrogen) atoms. The van der Waals surface area contributed by atoms with Gasteiger partial charge in [-0.05, 0) is 25.0 Å². The van der Waals surface area contributed by atoms with E-state index in [9.17, 15) is 14.7 Å². The van der Waals surface area contributed by atoms with Crippen molar-refractivity contribution in [2.75, 3.05) is 6.61 Å². The standard InChI is InChI=1S/C24H31NO5/c1-4-29-24(28)21(18(3)26)22(25-15-19-11-7-5-8-12-19)17(2)23(27)30-16-20-13-9-6-10-14-20/h5-14,17-18,21-22,25-26H,4,15-16H2,1-3H3. The first kappa shape index (κ1) is 23.6. The molecule has 0 aromatic heterocycles. The summed E-state index contributed by atoms with van der Waals surface area (Å²) in [5, 5.41) is 13.6. The Balaban J connectivity index is 2.16. The SMILES string of the molecule is CCOC(=O)C(C(C)O)C(NCc1ccccc1)C(C)C(=O)OCc1ccccc1. The van der Waals surface area contributed by atoms with Gasteiger partial charge in [0, 0.05) is 12.6 Å². The summed E-state index contributed by atoms with van der Waals surface area (Å²) in [6, 6.07) is 18.4. The molecule has 0 amide bonds. The van der Waals surface area contributed by atoms with Crippen molar-refractivity contribution in [2.45, 2.75) is 46.1 Å². The zero-order valence-corrected chi connectivity index (χ0v) is 17.8. The van der Waals surface area contributed by atoms with E-state index in [-0.39, 0.29) is 13.2 Å². The summed E-state index contributed by atoms with van der Waals surface area (Å²) in [5.74, 6) is -2.57. The third kappa shape index (κ3) is 6.97. The molecule has 4 atom stereocenters. The number of hydrogen-bond acceptors (Lipinski definition) is 6.